The third kappa shape index (κ3) is 2.74. The van der Waals surface area contributed by atoms with E-state index in [1.165, 1.54) is 33.0 Å². The van der Waals surface area contributed by atoms with Gasteiger partial charge in [-0.25, -0.2) is 0 Å². The van der Waals surface area contributed by atoms with Gasteiger partial charge in [-0.15, -0.1) is 0 Å². The molecule has 0 nitrogen and oxygen atoms in total. The Balaban J connectivity index is 1.86. The second kappa shape index (κ2) is 5.91. The zero-order chi connectivity index (χ0) is 15.6. The highest BCUT2D eigenvalue weighted by atomic mass is 35.5. The van der Waals surface area contributed by atoms with Crippen LogP contribution in [0.3, 0.4) is 0 Å². The quantitative estimate of drug-likeness (QED) is 0.380. The molecule has 0 radical (unpaired) electrons. The summed E-state index contributed by atoms with van der Waals surface area (Å²) in [4.78, 5) is 0. The number of fused-ring (bicyclic) bond motifs is 1. The first-order valence-electron chi connectivity index (χ1n) is 7.65. The Morgan fingerprint density at radius 1 is 0.522 bits per heavy atom. The van der Waals surface area contributed by atoms with E-state index in [1.54, 1.807) is 0 Å². The molecule has 0 bridgehead atoms. The van der Waals surface area contributed by atoms with Crippen LogP contribution in [0.4, 0.5) is 0 Å². The van der Waals surface area contributed by atoms with Gasteiger partial charge in [0.1, 0.15) is 0 Å². The van der Waals surface area contributed by atoms with Gasteiger partial charge in [0.2, 0.25) is 0 Å². The molecule has 0 aromatic heterocycles. The summed E-state index contributed by atoms with van der Waals surface area (Å²) in [6.45, 7) is 0. The largest absolute Gasteiger partial charge is 0.0843 e. The van der Waals surface area contributed by atoms with Crippen molar-refractivity contribution in [3.05, 3.63) is 96.0 Å². The topological polar surface area (TPSA) is 0 Å². The van der Waals surface area contributed by atoms with Crippen molar-refractivity contribution in [3.8, 4) is 22.3 Å². The minimum absolute atomic E-state index is 0.765. The fraction of sp³-hybridized carbons (Fsp3) is 0. The molecule has 0 aliphatic rings. The molecule has 0 unspecified atom stereocenters. The van der Waals surface area contributed by atoms with E-state index in [2.05, 4.69) is 72.8 Å². The maximum Gasteiger partial charge on any atom is 0.0406 e. The van der Waals surface area contributed by atoms with E-state index in [0.29, 0.717) is 0 Å². The van der Waals surface area contributed by atoms with E-state index in [0.717, 1.165) is 5.02 Å². The van der Waals surface area contributed by atoms with E-state index < -0.39 is 0 Å². The van der Waals surface area contributed by atoms with E-state index in [1.807, 2.05) is 18.2 Å². The van der Waals surface area contributed by atoms with Crippen molar-refractivity contribution in [1.29, 1.82) is 0 Å². The number of hydrogen-bond acceptors (Lipinski definition) is 0. The monoisotopic (exact) mass is 314 g/mol. The Labute approximate surface area is 141 Å². The third-order valence-electron chi connectivity index (χ3n) is 4.14. The van der Waals surface area contributed by atoms with Crippen LogP contribution in [0.1, 0.15) is 0 Å². The van der Waals surface area contributed by atoms with E-state index >= 15 is 0 Å². The van der Waals surface area contributed by atoms with Gasteiger partial charge in [-0.3, -0.25) is 0 Å². The van der Waals surface area contributed by atoms with Crippen LogP contribution in [0.2, 0.25) is 5.02 Å². The van der Waals surface area contributed by atoms with Crippen LogP contribution in [-0.2, 0) is 0 Å². The van der Waals surface area contributed by atoms with Crippen molar-refractivity contribution in [1.82, 2.24) is 0 Å². The lowest BCUT2D eigenvalue weighted by atomic mass is 9.95. The molecule has 4 aromatic rings. The molecule has 0 spiro atoms. The molecule has 4 rings (SSSR count). The second-order valence-corrected chi connectivity index (χ2v) is 6.05. The zero-order valence-electron chi connectivity index (χ0n) is 12.5. The van der Waals surface area contributed by atoms with Gasteiger partial charge in [0.25, 0.3) is 0 Å². The molecule has 110 valence electrons. The minimum Gasteiger partial charge on any atom is -0.0843 e. The summed E-state index contributed by atoms with van der Waals surface area (Å²) in [5.41, 5.74) is 4.91. The molecule has 0 atom stereocenters. The molecule has 0 aliphatic carbocycles. The highest BCUT2D eigenvalue weighted by molar-refractivity contribution is 6.30. The van der Waals surface area contributed by atoms with Crippen molar-refractivity contribution < 1.29 is 0 Å². The molecule has 23 heavy (non-hydrogen) atoms. The van der Waals surface area contributed by atoms with Gasteiger partial charge >= 0.3 is 0 Å². The molecular formula is C22H15Cl. The van der Waals surface area contributed by atoms with Gasteiger partial charge in [-0.1, -0.05) is 84.4 Å². The Hall–Kier alpha value is -2.57. The second-order valence-electron chi connectivity index (χ2n) is 5.61. The summed E-state index contributed by atoms with van der Waals surface area (Å²) in [7, 11) is 0. The number of hydrogen-bond donors (Lipinski definition) is 0. The Morgan fingerprint density at radius 3 is 2.04 bits per heavy atom. The van der Waals surface area contributed by atoms with E-state index in [-0.39, 0.29) is 0 Å². The van der Waals surface area contributed by atoms with Crippen LogP contribution >= 0.6 is 11.6 Å². The summed E-state index contributed by atoms with van der Waals surface area (Å²) in [5.74, 6) is 0. The average molecular weight is 315 g/mol. The summed E-state index contributed by atoms with van der Waals surface area (Å²) in [6, 6.07) is 31.6. The van der Waals surface area contributed by atoms with Gasteiger partial charge < -0.3 is 0 Å². The van der Waals surface area contributed by atoms with Gasteiger partial charge in [0.15, 0.2) is 0 Å². The molecule has 4 aromatic carbocycles. The van der Waals surface area contributed by atoms with Crippen molar-refractivity contribution in [2.24, 2.45) is 0 Å². The molecule has 0 amide bonds. The van der Waals surface area contributed by atoms with Crippen LogP contribution in [0, 0.1) is 0 Å². The third-order valence-corrected chi connectivity index (χ3v) is 4.39. The van der Waals surface area contributed by atoms with Crippen LogP contribution in [0.5, 0.6) is 0 Å². The molecule has 0 heterocycles. The van der Waals surface area contributed by atoms with Gasteiger partial charge in [0.05, 0.1) is 0 Å². The zero-order valence-corrected chi connectivity index (χ0v) is 13.3. The normalized spacial score (nSPS) is 10.8. The molecule has 0 saturated carbocycles. The van der Waals surface area contributed by atoms with Crippen LogP contribution in [-0.4, -0.2) is 0 Å². The summed E-state index contributed by atoms with van der Waals surface area (Å²) < 4.78 is 0. The first kappa shape index (κ1) is 14.0. The minimum atomic E-state index is 0.765. The van der Waals surface area contributed by atoms with E-state index in [9.17, 15) is 0 Å². The Morgan fingerprint density at radius 2 is 1.26 bits per heavy atom. The predicted octanol–water partition coefficient (Wildman–Crippen LogP) is 6.83. The standard InChI is InChI=1S/C22H15Cl/c23-20-12-9-16(10-13-20)18-11-14-22-19(15-18)7-4-8-21(22)17-5-2-1-3-6-17/h1-15H. The molecule has 0 aliphatic heterocycles. The smallest absolute Gasteiger partial charge is 0.0406 e. The van der Waals surface area contributed by atoms with Gasteiger partial charge in [0, 0.05) is 5.02 Å². The van der Waals surface area contributed by atoms with Crippen molar-refractivity contribution in [2.45, 2.75) is 0 Å². The van der Waals surface area contributed by atoms with Gasteiger partial charge in [-0.2, -0.15) is 0 Å². The number of benzene rings is 4. The van der Waals surface area contributed by atoms with Crippen LogP contribution in [0.15, 0.2) is 91.0 Å². The first-order valence-corrected chi connectivity index (χ1v) is 8.03. The lowest BCUT2D eigenvalue weighted by Gasteiger charge is -2.09. The summed E-state index contributed by atoms with van der Waals surface area (Å²) in [6.07, 6.45) is 0. The fourth-order valence-corrected chi connectivity index (χ4v) is 3.10. The molecule has 1 heteroatoms. The summed E-state index contributed by atoms with van der Waals surface area (Å²) in [5, 5.41) is 3.29. The highest BCUT2D eigenvalue weighted by Gasteiger charge is 2.05. The lowest BCUT2D eigenvalue weighted by Crippen LogP contribution is -1.83. The van der Waals surface area contributed by atoms with Crippen molar-refractivity contribution in [3.63, 3.8) is 0 Å². The Kier molecular flexibility index (Phi) is 3.61. The highest BCUT2D eigenvalue weighted by Crippen LogP contribution is 2.32. The SMILES string of the molecule is Clc1ccc(-c2ccc3c(-c4ccccc4)cccc3c2)cc1. The Bertz CT molecular complexity index is 954. The molecule has 0 fully saturated rings. The lowest BCUT2D eigenvalue weighted by molar-refractivity contribution is 1.63. The average Bonchev–Trinajstić information content (AvgIpc) is 2.62. The van der Waals surface area contributed by atoms with Crippen molar-refractivity contribution >= 4 is 22.4 Å². The molecule has 0 N–H and O–H groups in total. The maximum absolute atomic E-state index is 5.98. The van der Waals surface area contributed by atoms with Crippen LogP contribution < -0.4 is 0 Å². The summed E-state index contributed by atoms with van der Waals surface area (Å²) >= 11 is 5.98. The number of halogens is 1. The maximum atomic E-state index is 5.98. The van der Waals surface area contributed by atoms with Crippen LogP contribution in [0.25, 0.3) is 33.0 Å². The molecular weight excluding hydrogens is 300 g/mol. The van der Waals surface area contributed by atoms with Gasteiger partial charge in [-0.05, 0) is 51.2 Å². The van der Waals surface area contributed by atoms with E-state index in [4.69, 9.17) is 11.6 Å². The predicted molar refractivity (Wildman–Crippen MR) is 99.8 cm³/mol. The van der Waals surface area contributed by atoms with Crippen molar-refractivity contribution in [2.75, 3.05) is 0 Å². The molecule has 0 saturated heterocycles. The number of rotatable bonds is 2. The first-order chi connectivity index (χ1) is 11.3. The fourth-order valence-electron chi connectivity index (χ4n) is 2.98.